The Labute approximate surface area is 114 Å². The van der Waals surface area contributed by atoms with Crippen molar-refractivity contribution in [1.29, 1.82) is 0 Å². The molecule has 0 aromatic carbocycles. The van der Waals surface area contributed by atoms with Gasteiger partial charge in [-0.25, -0.2) is 0 Å². The van der Waals surface area contributed by atoms with Crippen LogP contribution in [-0.4, -0.2) is 44.3 Å². The molecule has 0 radical (unpaired) electrons. The summed E-state index contributed by atoms with van der Waals surface area (Å²) in [6.07, 6.45) is 2.89. The zero-order chi connectivity index (χ0) is 12.8. The van der Waals surface area contributed by atoms with Gasteiger partial charge in [-0.05, 0) is 38.3 Å². The molecule has 1 N–H and O–H groups in total. The van der Waals surface area contributed by atoms with E-state index in [0.29, 0.717) is 12.1 Å². The number of rotatable bonds is 7. The smallest absolute Gasteiger partial charge is 0.0700 e. The summed E-state index contributed by atoms with van der Waals surface area (Å²) in [6, 6.07) is 4.85. The van der Waals surface area contributed by atoms with Crippen LogP contribution in [0.25, 0.3) is 0 Å². The summed E-state index contributed by atoms with van der Waals surface area (Å²) in [5.41, 5.74) is 0. The largest absolute Gasteiger partial charge is 0.377 e. The van der Waals surface area contributed by atoms with E-state index in [0.717, 1.165) is 26.2 Å². The monoisotopic (exact) mass is 268 g/mol. The maximum absolute atomic E-state index is 5.59. The Hall–Kier alpha value is -0.420. The van der Waals surface area contributed by atoms with Crippen molar-refractivity contribution in [2.75, 3.05) is 33.3 Å². The van der Waals surface area contributed by atoms with Crippen molar-refractivity contribution in [1.82, 2.24) is 10.2 Å². The van der Waals surface area contributed by atoms with Crippen molar-refractivity contribution in [2.45, 2.75) is 31.9 Å². The van der Waals surface area contributed by atoms with E-state index in [1.54, 1.807) is 0 Å². The van der Waals surface area contributed by atoms with Crippen LogP contribution in [0, 0.1) is 0 Å². The summed E-state index contributed by atoms with van der Waals surface area (Å²) in [5.74, 6) is 0. The van der Waals surface area contributed by atoms with Crippen LogP contribution in [0.3, 0.4) is 0 Å². The van der Waals surface area contributed by atoms with E-state index in [1.165, 1.54) is 17.7 Å². The Morgan fingerprint density at radius 3 is 3.17 bits per heavy atom. The van der Waals surface area contributed by atoms with Gasteiger partial charge < -0.3 is 10.1 Å². The predicted octanol–water partition coefficient (Wildman–Crippen LogP) is 2.51. The molecular weight excluding hydrogens is 244 g/mol. The average Bonchev–Trinajstić information content (AvgIpc) is 3.05. The molecule has 18 heavy (non-hydrogen) atoms. The van der Waals surface area contributed by atoms with Gasteiger partial charge in [-0.3, -0.25) is 4.90 Å². The van der Waals surface area contributed by atoms with E-state index in [2.05, 4.69) is 41.7 Å². The second-order valence-corrected chi connectivity index (χ2v) is 5.99. The predicted molar refractivity (Wildman–Crippen MR) is 77.2 cm³/mol. The van der Waals surface area contributed by atoms with Gasteiger partial charge in [0.25, 0.3) is 0 Å². The Kier molecular flexibility index (Phi) is 5.63. The Bertz CT molecular complexity index is 323. The van der Waals surface area contributed by atoms with Gasteiger partial charge in [0.1, 0.15) is 0 Å². The molecule has 0 spiro atoms. The van der Waals surface area contributed by atoms with Crippen LogP contribution in [0.5, 0.6) is 0 Å². The maximum Gasteiger partial charge on any atom is 0.0700 e. The fourth-order valence-electron chi connectivity index (χ4n) is 2.26. The number of nitrogens with zero attached hydrogens (tertiary/aromatic N) is 1. The summed E-state index contributed by atoms with van der Waals surface area (Å²) < 4.78 is 5.59. The molecule has 0 amide bonds. The third-order valence-corrected chi connectivity index (χ3v) is 4.70. The highest BCUT2D eigenvalue weighted by Gasteiger charge is 2.15. The second-order valence-electron chi connectivity index (χ2n) is 5.01. The Balaban J connectivity index is 1.60. The maximum atomic E-state index is 5.59. The number of nitrogens with one attached hydrogen (secondary N) is 1. The number of thiophene rings is 1. The van der Waals surface area contributed by atoms with Crippen molar-refractivity contribution in [3.63, 3.8) is 0 Å². The van der Waals surface area contributed by atoms with Gasteiger partial charge in [-0.15, -0.1) is 11.3 Å². The standard InChI is InChI=1S/C14H24N2OS/c1-12(14-6-4-10-18-14)16(2)8-7-15-11-13-5-3-9-17-13/h4,6,10,12-13,15H,3,5,7-9,11H2,1-2H3. The Morgan fingerprint density at radius 1 is 1.61 bits per heavy atom. The van der Waals surface area contributed by atoms with Gasteiger partial charge in [0.05, 0.1) is 6.10 Å². The molecule has 2 heterocycles. The average molecular weight is 268 g/mol. The number of ether oxygens (including phenoxy) is 1. The molecule has 2 atom stereocenters. The fourth-order valence-corrected chi connectivity index (χ4v) is 3.11. The van der Waals surface area contributed by atoms with E-state index >= 15 is 0 Å². The summed E-state index contributed by atoms with van der Waals surface area (Å²) in [7, 11) is 2.19. The van der Waals surface area contributed by atoms with E-state index in [9.17, 15) is 0 Å². The lowest BCUT2D eigenvalue weighted by Gasteiger charge is -2.24. The summed E-state index contributed by atoms with van der Waals surface area (Å²) in [6.45, 7) is 6.33. The lowest BCUT2D eigenvalue weighted by Crippen LogP contribution is -2.34. The van der Waals surface area contributed by atoms with Crippen LogP contribution in [0.1, 0.15) is 30.7 Å². The number of hydrogen-bond acceptors (Lipinski definition) is 4. The molecule has 0 saturated carbocycles. The molecule has 0 bridgehead atoms. The molecule has 3 nitrogen and oxygen atoms in total. The minimum Gasteiger partial charge on any atom is -0.377 e. The molecule has 1 saturated heterocycles. The second kappa shape index (κ2) is 7.24. The summed E-state index contributed by atoms with van der Waals surface area (Å²) in [5, 5.41) is 5.64. The quantitative estimate of drug-likeness (QED) is 0.769. The molecule has 1 aromatic rings. The minimum absolute atomic E-state index is 0.449. The number of hydrogen-bond donors (Lipinski definition) is 1. The van der Waals surface area contributed by atoms with Crippen LogP contribution in [0.4, 0.5) is 0 Å². The molecule has 102 valence electrons. The molecule has 1 fully saturated rings. The van der Waals surface area contributed by atoms with Crippen LogP contribution in [0.15, 0.2) is 17.5 Å². The van der Waals surface area contributed by atoms with Crippen molar-refractivity contribution >= 4 is 11.3 Å². The molecule has 1 aromatic heterocycles. The first kappa shape index (κ1) is 14.0. The van der Waals surface area contributed by atoms with E-state index in [-0.39, 0.29) is 0 Å². The SMILES string of the molecule is CC(c1cccs1)N(C)CCNCC1CCCO1. The van der Waals surface area contributed by atoms with Crippen LogP contribution >= 0.6 is 11.3 Å². The first-order valence-corrected chi connectivity index (χ1v) is 7.71. The molecule has 4 heteroatoms. The molecule has 1 aliphatic heterocycles. The van der Waals surface area contributed by atoms with Gasteiger partial charge >= 0.3 is 0 Å². The molecule has 2 rings (SSSR count). The molecule has 2 unspecified atom stereocenters. The third kappa shape index (κ3) is 4.05. The van der Waals surface area contributed by atoms with Crippen molar-refractivity contribution in [3.8, 4) is 0 Å². The van der Waals surface area contributed by atoms with Crippen LogP contribution in [-0.2, 0) is 4.74 Å². The first-order valence-electron chi connectivity index (χ1n) is 6.83. The molecule has 0 aliphatic carbocycles. The van der Waals surface area contributed by atoms with Gasteiger partial charge in [-0.1, -0.05) is 6.07 Å². The highest BCUT2D eigenvalue weighted by Crippen LogP contribution is 2.22. The highest BCUT2D eigenvalue weighted by molar-refractivity contribution is 7.10. The molecule has 1 aliphatic rings. The normalized spacial score (nSPS) is 21.6. The Morgan fingerprint density at radius 2 is 2.50 bits per heavy atom. The van der Waals surface area contributed by atoms with E-state index in [1.807, 2.05) is 11.3 Å². The van der Waals surface area contributed by atoms with Crippen molar-refractivity contribution in [3.05, 3.63) is 22.4 Å². The minimum atomic E-state index is 0.449. The van der Waals surface area contributed by atoms with E-state index in [4.69, 9.17) is 4.74 Å². The van der Waals surface area contributed by atoms with Crippen LogP contribution < -0.4 is 5.32 Å². The number of likely N-dealkylation sites (N-methyl/N-ethyl adjacent to an activating group) is 1. The fraction of sp³-hybridized carbons (Fsp3) is 0.714. The van der Waals surface area contributed by atoms with Crippen molar-refractivity contribution < 1.29 is 4.74 Å². The summed E-state index contributed by atoms with van der Waals surface area (Å²) >= 11 is 1.84. The highest BCUT2D eigenvalue weighted by atomic mass is 32.1. The lowest BCUT2D eigenvalue weighted by molar-refractivity contribution is 0.109. The first-order chi connectivity index (χ1) is 8.77. The van der Waals surface area contributed by atoms with Gasteiger partial charge in [0, 0.05) is 37.2 Å². The van der Waals surface area contributed by atoms with Crippen molar-refractivity contribution in [2.24, 2.45) is 0 Å². The van der Waals surface area contributed by atoms with E-state index < -0.39 is 0 Å². The molecular formula is C14H24N2OS. The van der Waals surface area contributed by atoms with Crippen LogP contribution in [0.2, 0.25) is 0 Å². The topological polar surface area (TPSA) is 24.5 Å². The zero-order valence-corrected chi connectivity index (χ0v) is 12.2. The zero-order valence-electron chi connectivity index (χ0n) is 11.4. The lowest BCUT2D eigenvalue weighted by atomic mass is 10.2. The van der Waals surface area contributed by atoms with Gasteiger partial charge in [-0.2, -0.15) is 0 Å². The third-order valence-electron chi connectivity index (χ3n) is 3.65. The van der Waals surface area contributed by atoms with Gasteiger partial charge in [0.2, 0.25) is 0 Å². The summed E-state index contributed by atoms with van der Waals surface area (Å²) in [4.78, 5) is 3.84. The van der Waals surface area contributed by atoms with Gasteiger partial charge in [0.15, 0.2) is 0 Å².